The van der Waals surface area contributed by atoms with Gasteiger partial charge in [0.05, 0.1) is 0 Å². The van der Waals surface area contributed by atoms with Crippen LogP contribution >= 0.6 is 0 Å². The number of hydrogen-bond acceptors (Lipinski definition) is 2. The van der Waals surface area contributed by atoms with Crippen LogP contribution in [0.5, 0.6) is 0 Å². The van der Waals surface area contributed by atoms with Crippen molar-refractivity contribution >= 4 is 6.47 Å². The van der Waals surface area contributed by atoms with Gasteiger partial charge in [-0.05, 0) is 25.7 Å². The van der Waals surface area contributed by atoms with Gasteiger partial charge >= 0.3 is 0 Å². The molecule has 0 aliphatic heterocycles. The minimum atomic E-state index is 0.233. The fourth-order valence-corrected chi connectivity index (χ4v) is 1.28. The quantitative estimate of drug-likeness (QED) is 0.619. The Kier molecular flexibility index (Phi) is 16.1. The number of carbonyl (C=O) groups excluding carboxylic acids is 1. The summed E-state index contributed by atoms with van der Waals surface area (Å²) >= 11 is 0. The first-order chi connectivity index (χ1) is 6.43. The molecule has 0 amide bonds. The number of hydrogen-bond donors (Lipinski definition) is 0. The molecule has 0 aromatic rings. The lowest BCUT2D eigenvalue weighted by Crippen LogP contribution is -2.15. The van der Waals surface area contributed by atoms with Gasteiger partial charge in [-0.3, -0.25) is 4.79 Å². The number of rotatable bonds is 2. The van der Waals surface area contributed by atoms with Crippen LogP contribution in [0.25, 0.3) is 0 Å². The van der Waals surface area contributed by atoms with Gasteiger partial charge in [-0.25, -0.2) is 0 Å². The highest BCUT2D eigenvalue weighted by molar-refractivity contribution is 5.37. The minimum Gasteiger partial charge on any atom is -0.465 e. The van der Waals surface area contributed by atoms with Crippen LogP contribution in [0.3, 0.4) is 0 Å². The third kappa shape index (κ3) is 9.38. The van der Waals surface area contributed by atoms with E-state index >= 15 is 0 Å². The Morgan fingerprint density at radius 1 is 1.00 bits per heavy atom. The highest BCUT2D eigenvalue weighted by Crippen LogP contribution is 2.19. The minimum absolute atomic E-state index is 0.233. The van der Waals surface area contributed by atoms with E-state index in [1.54, 1.807) is 0 Å². The second-order valence-corrected chi connectivity index (χ2v) is 2.49. The number of ether oxygens (including phenoxy) is 1. The average Bonchev–Trinajstić information content (AvgIpc) is 2.26. The molecule has 1 aliphatic carbocycles. The summed E-state index contributed by atoms with van der Waals surface area (Å²) in [6.45, 7) is 8.57. The van der Waals surface area contributed by atoms with Gasteiger partial charge in [0, 0.05) is 0 Å². The number of carbonyl (C=O) groups is 1. The molecule has 13 heavy (non-hydrogen) atoms. The molecular weight excluding hydrogens is 164 g/mol. The molecule has 1 saturated carbocycles. The van der Waals surface area contributed by atoms with Crippen molar-refractivity contribution in [1.29, 1.82) is 0 Å². The molecule has 0 heterocycles. The summed E-state index contributed by atoms with van der Waals surface area (Å²) in [5.74, 6) is 0. The second kappa shape index (κ2) is 14.0. The third-order valence-corrected chi connectivity index (χ3v) is 1.80. The summed E-state index contributed by atoms with van der Waals surface area (Å²) in [6, 6.07) is 0. The van der Waals surface area contributed by atoms with Crippen LogP contribution in [0.1, 0.15) is 59.8 Å². The van der Waals surface area contributed by atoms with E-state index in [-0.39, 0.29) is 6.10 Å². The van der Waals surface area contributed by atoms with Crippen molar-refractivity contribution in [3.63, 3.8) is 0 Å². The largest absolute Gasteiger partial charge is 0.465 e. The molecule has 1 fully saturated rings. The second-order valence-electron chi connectivity index (χ2n) is 2.49. The molecule has 1 aliphatic rings. The molecular formula is C11H24O2. The van der Waals surface area contributed by atoms with Gasteiger partial charge in [-0.1, -0.05) is 34.1 Å². The van der Waals surface area contributed by atoms with Gasteiger partial charge in [0.15, 0.2) is 0 Å². The van der Waals surface area contributed by atoms with E-state index in [1.165, 1.54) is 19.3 Å². The van der Waals surface area contributed by atoms with Gasteiger partial charge in [0.25, 0.3) is 6.47 Å². The summed E-state index contributed by atoms with van der Waals surface area (Å²) in [5, 5.41) is 0. The monoisotopic (exact) mass is 188 g/mol. The molecule has 80 valence electrons. The van der Waals surface area contributed by atoms with E-state index in [2.05, 4.69) is 0 Å². The molecule has 0 atom stereocenters. The molecule has 0 aromatic heterocycles. The third-order valence-electron chi connectivity index (χ3n) is 1.80. The van der Waals surface area contributed by atoms with Crippen molar-refractivity contribution in [3.8, 4) is 0 Å². The summed E-state index contributed by atoms with van der Waals surface area (Å²) in [4.78, 5) is 9.85. The fourth-order valence-electron chi connectivity index (χ4n) is 1.28. The van der Waals surface area contributed by atoms with Crippen LogP contribution in [0, 0.1) is 0 Å². The van der Waals surface area contributed by atoms with Crippen LogP contribution in [-0.2, 0) is 9.53 Å². The van der Waals surface area contributed by atoms with Crippen molar-refractivity contribution in [2.24, 2.45) is 0 Å². The fraction of sp³-hybridized carbons (Fsp3) is 0.909. The predicted octanol–water partition coefficient (Wildman–Crippen LogP) is 3.54. The van der Waals surface area contributed by atoms with Crippen LogP contribution in [-0.4, -0.2) is 12.6 Å². The highest BCUT2D eigenvalue weighted by Gasteiger charge is 2.12. The maximum atomic E-state index is 9.85. The first-order valence-electron chi connectivity index (χ1n) is 5.52. The molecule has 0 aromatic carbocycles. The van der Waals surface area contributed by atoms with Crippen LogP contribution in [0.4, 0.5) is 0 Å². The molecule has 0 saturated heterocycles. The van der Waals surface area contributed by atoms with Crippen molar-refractivity contribution in [2.75, 3.05) is 0 Å². The first kappa shape index (κ1) is 15.0. The summed E-state index contributed by atoms with van der Waals surface area (Å²) in [5.41, 5.74) is 0. The van der Waals surface area contributed by atoms with Crippen molar-refractivity contribution < 1.29 is 9.53 Å². The van der Waals surface area contributed by atoms with Crippen LogP contribution in [0.15, 0.2) is 0 Å². The maximum Gasteiger partial charge on any atom is 0.293 e. The maximum absolute atomic E-state index is 9.85. The van der Waals surface area contributed by atoms with E-state index in [9.17, 15) is 4.79 Å². The Morgan fingerprint density at radius 2 is 1.46 bits per heavy atom. The zero-order valence-corrected chi connectivity index (χ0v) is 9.51. The van der Waals surface area contributed by atoms with Crippen molar-refractivity contribution in [2.45, 2.75) is 65.9 Å². The molecule has 0 radical (unpaired) electrons. The Balaban J connectivity index is 0. The molecule has 0 spiro atoms. The van der Waals surface area contributed by atoms with E-state index in [0.717, 1.165) is 12.8 Å². The Bertz CT molecular complexity index is 86.1. The molecule has 2 heteroatoms. The SMILES string of the molecule is CC.CC.O=COC1CCCCC1. The summed E-state index contributed by atoms with van der Waals surface area (Å²) in [6.07, 6.45) is 6.11. The standard InChI is InChI=1S/C7H12O2.2C2H6/c8-6-9-7-4-2-1-3-5-7;2*1-2/h6-7H,1-5H2;2*1-2H3. The molecule has 2 nitrogen and oxygen atoms in total. The van der Waals surface area contributed by atoms with Gasteiger partial charge in [0.2, 0.25) is 0 Å². The lowest BCUT2D eigenvalue weighted by atomic mass is 9.98. The molecule has 0 unspecified atom stereocenters. The average molecular weight is 188 g/mol. The highest BCUT2D eigenvalue weighted by atomic mass is 16.5. The molecule has 1 rings (SSSR count). The van der Waals surface area contributed by atoms with E-state index in [4.69, 9.17) is 4.74 Å². The normalized spacial score (nSPS) is 15.7. The molecule has 0 N–H and O–H groups in total. The Hall–Kier alpha value is -0.530. The van der Waals surface area contributed by atoms with Crippen LogP contribution in [0.2, 0.25) is 0 Å². The zero-order chi connectivity index (χ0) is 10.5. The van der Waals surface area contributed by atoms with Gasteiger partial charge in [0.1, 0.15) is 6.10 Å². The first-order valence-corrected chi connectivity index (χ1v) is 5.52. The Labute approximate surface area is 82.7 Å². The smallest absolute Gasteiger partial charge is 0.293 e. The van der Waals surface area contributed by atoms with Gasteiger partial charge in [-0.2, -0.15) is 0 Å². The van der Waals surface area contributed by atoms with Gasteiger partial charge < -0.3 is 4.74 Å². The topological polar surface area (TPSA) is 26.3 Å². The van der Waals surface area contributed by atoms with Gasteiger partial charge in [-0.15, -0.1) is 0 Å². The van der Waals surface area contributed by atoms with Crippen molar-refractivity contribution in [3.05, 3.63) is 0 Å². The Morgan fingerprint density at radius 3 is 1.85 bits per heavy atom. The lowest BCUT2D eigenvalue weighted by molar-refractivity contribution is -0.134. The summed E-state index contributed by atoms with van der Waals surface area (Å²) < 4.78 is 4.80. The van der Waals surface area contributed by atoms with E-state index < -0.39 is 0 Å². The van der Waals surface area contributed by atoms with E-state index in [0.29, 0.717) is 6.47 Å². The van der Waals surface area contributed by atoms with Crippen molar-refractivity contribution in [1.82, 2.24) is 0 Å². The van der Waals surface area contributed by atoms with E-state index in [1.807, 2.05) is 27.7 Å². The summed E-state index contributed by atoms with van der Waals surface area (Å²) in [7, 11) is 0. The van der Waals surface area contributed by atoms with Crippen LogP contribution < -0.4 is 0 Å². The predicted molar refractivity (Wildman–Crippen MR) is 56.7 cm³/mol. The zero-order valence-electron chi connectivity index (χ0n) is 9.51. The molecule has 0 bridgehead atoms. The lowest BCUT2D eigenvalue weighted by Gasteiger charge is -2.18.